The predicted molar refractivity (Wildman–Crippen MR) is 96.6 cm³/mol. The van der Waals surface area contributed by atoms with Crippen molar-refractivity contribution in [3.8, 4) is 6.07 Å². The molecule has 11 heteroatoms. The fourth-order valence-corrected chi connectivity index (χ4v) is 4.35. The maximum absolute atomic E-state index is 12.0. The van der Waals surface area contributed by atoms with Crippen LogP contribution in [0, 0.1) is 21.4 Å². The number of sulfone groups is 1. The lowest BCUT2D eigenvalue weighted by atomic mass is 10.2. The van der Waals surface area contributed by atoms with E-state index in [1.165, 1.54) is 6.07 Å². The number of rotatable bonds is 10. The summed E-state index contributed by atoms with van der Waals surface area (Å²) in [6, 6.07) is 4.40. The molecule has 0 aliphatic rings. The Morgan fingerprint density at radius 3 is 2.50 bits per heavy atom. The van der Waals surface area contributed by atoms with E-state index >= 15 is 0 Å². The number of nitrogens with zero attached hydrogens (tertiary/aromatic N) is 2. The number of sulfonamides is 1. The summed E-state index contributed by atoms with van der Waals surface area (Å²) in [7, 11) is -7.90. The number of nitro groups is 1. The van der Waals surface area contributed by atoms with Gasteiger partial charge in [0.2, 0.25) is 19.9 Å². The van der Waals surface area contributed by atoms with Gasteiger partial charge in [0.05, 0.1) is 22.4 Å². The van der Waals surface area contributed by atoms with Crippen LogP contribution in [-0.2, 0) is 19.9 Å². The van der Waals surface area contributed by atoms with Gasteiger partial charge in [-0.2, -0.15) is 5.26 Å². The molecule has 1 aromatic carbocycles. The molecule has 0 aliphatic heterocycles. The second kappa shape index (κ2) is 9.30. The molecule has 0 aliphatic carbocycles. The number of hydrogen-bond donors (Lipinski definition) is 1. The molecular formula is C15H19N3O6S2. The standard InChI is InChI=1S/C15H19N3O6S2/c1-2-3-4-5-11-26(23,24)17-13-7-8-15(14(12-13)18(19)20)25(21,22)10-6-9-16/h6-8,10,12,17H,2-5,11H2,1H3/b10-6+. The highest BCUT2D eigenvalue weighted by atomic mass is 32.2. The van der Waals surface area contributed by atoms with E-state index in [0.717, 1.165) is 37.5 Å². The van der Waals surface area contributed by atoms with Crippen LogP contribution < -0.4 is 4.72 Å². The average Bonchev–Trinajstić information content (AvgIpc) is 2.56. The minimum absolute atomic E-state index is 0.101. The number of allylic oxidation sites excluding steroid dienone is 1. The first-order valence-electron chi connectivity index (χ1n) is 7.73. The molecule has 0 atom stereocenters. The maximum Gasteiger partial charge on any atom is 0.290 e. The Balaban J connectivity index is 3.11. The van der Waals surface area contributed by atoms with Gasteiger partial charge in [-0.05, 0) is 18.6 Å². The van der Waals surface area contributed by atoms with Crippen molar-refractivity contribution in [2.24, 2.45) is 0 Å². The van der Waals surface area contributed by atoms with Crippen molar-refractivity contribution in [3.05, 3.63) is 39.8 Å². The first-order valence-corrected chi connectivity index (χ1v) is 10.9. The molecule has 0 unspecified atom stereocenters. The molecule has 0 bridgehead atoms. The quantitative estimate of drug-likeness (QED) is 0.274. The highest BCUT2D eigenvalue weighted by Gasteiger charge is 2.25. The summed E-state index contributed by atoms with van der Waals surface area (Å²) < 4.78 is 50.3. The van der Waals surface area contributed by atoms with E-state index in [0.29, 0.717) is 17.9 Å². The van der Waals surface area contributed by atoms with E-state index in [2.05, 4.69) is 4.72 Å². The maximum atomic E-state index is 12.0. The Labute approximate surface area is 152 Å². The van der Waals surface area contributed by atoms with Crippen molar-refractivity contribution in [1.29, 1.82) is 5.26 Å². The van der Waals surface area contributed by atoms with Crippen LogP contribution in [0.2, 0.25) is 0 Å². The van der Waals surface area contributed by atoms with Gasteiger partial charge in [0.15, 0.2) is 0 Å². The zero-order chi connectivity index (χ0) is 19.8. The van der Waals surface area contributed by atoms with Crippen molar-refractivity contribution < 1.29 is 21.8 Å². The number of anilines is 1. The number of unbranched alkanes of at least 4 members (excludes halogenated alkanes) is 3. The Bertz CT molecular complexity index is 931. The van der Waals surface area contributed by atoms with Crippen molar-refractivity contribution in [2.75, 3.05) is 10.5 Å². The van der Waals surface area contributed by atoms with E-state index in [4.69, 9.17) is 5.26 Å². The van der Waals surface area contributed by atoms with Crippen molar-refractivity contribution >= 4 is 31.2 Å². The van der Waals surface area contributed by atoms with Gasteiger partial charge >= 0.3 is 0 Å². The third kappa shape index (κ3) is 6.45. The predicted octanol–water partition coefficient (Wildman–Crippen LogP) is 2.73. The van der Waals surface area contributed by atoms with Gasteiger partial charge < -0.3 is 0 Å². The lowest BCUT2D eigenvalue weighted by molar-refractivity contribution is -0.387. The molecule has 0 radical (unpaired) electrons. The Hall–Kier alpha value is -2.45. The summed E-state index contributed by atoms with van der Waals surface area (Å²) in [4.78, 5) is 9.63. The van der Waals surface area contributed by atoms with Gasteiger partial charge in [-0.15, -0.1) is 0 Å². The Kier molecular flexibility index (Phi) is 7.73. The first kappa shape index (κ1) is 21.6. The van der Waals surface area contributed by atoms with Gasteiger partial charge in [-0.25, -0.2) is 16.8 Å². The van der Waals surface area contributed by atoms with Crippen molar-refractivity contribution in [2.45, 2.75) is 37.5 Å². The van der Waals surface area contributed by atoms with Gasteiger partial charge in [0, 0.05) is 17.6 Å². The number of nitriles is 1. The lowest BCUT2D eigenvalue weighted by Gasteiger charge is -2.09. The van der Waals surface area contributed by atoms with Gasteiger partial charge in [0.25, 0.3) is 5.69 Å². The van der Waals surface area contributed by atoms with Gasteiger partial charge in [-0.1, -0.05) is 26.2 Å². The minimum Gasteiger partial charge on any atom is -0.283 e. The molecule has 0 spiro atoms. The molecule has 1 aromatic rings. The van der Waals surface area contributed by atoms with Crippen LogP contribution in [-0.4, -0.2) is 27.5 Å². The topological polar surface area (TPSA) is 147 Å². The van der Waals surface area contributed by atoms with E-state index < -0.39 is 35.4 Å². The molecule has 0 heterocycles. The van der Waals surface area contributed by atoms with E-state index in [1.807, 2.05) is 6.92 Å². The molecule has 26 heavy (non-hydrogen) atoms. The Morgan fingerprint density at radius 2 is 1.92 bits per heavy atom. The number of nitrogens with one attached hydrogen (secondary N) is 1. The number of hydrogen-bond acceptors (Lipinski definition) is 7. The summed E-state index contributed by atoms with van der Waals surface area (Å²) in [5.41, 5.74) is -0.880. The highest BCUT2D eigenvalue weighted by molar-refractivity contribution is 7.94. The molecule has 142 valence electrons. The summed E-state index contributed by atoms with van der Waals surface area (Å²) >= 11 is 0. The van der Waals surface area contributed by atoms with Crippen LogP contribution >= 0.6 is 0 Å². The minimum atomic E-state index is -4.20. The second-order valence-electron chi connectivity index (χ2n) is 5.40. The molecule has 0 aromatic heterocycles. The third-order valence-corrected chi connectivity index (χ3v) is 6.15. The molecule has 1 rings (SSSR count). The lowest BCUT2D eigenvalue weighted by Crippen LogP contribution is -2.17. The highest BCUT2D eigenvalue weighted by Crippen LogP contribution is 2.29. The summed E-state index contributed by atoms with van der Waals surface area (Å²) in [5.74, 6) is -0.133. The largest absolute Gasteiger partial charge is 0.290 e. The van der Waals surface area contributed by atoms with Crippen molar-refractivity contribution in [1.82, 2.24) is 0 Å². The smallest absolute Gasteiger partial charge is 0.283 e. The molecule has 0 amide bonds. The summed E-state index contributed by atoms with van der Waals surface area (Å²) in [6.07, 6.45) is 3.75. The molecular weight excluding hydrogens is 382 g/mol. The second-order valence-corrected chi connectivity index (χ2v) is 9.04. The molecule has 9 nitrogen and oxygen atoms in total. The fraction of sp³-hybridized carbons (Fsp3) is 0.400. The van der Waals surface area contributed by atoms with Crippen LogP contribution in [0.25, 0.3) is 0 Å². The van der Waals surface area contributed by atoms with Crippen LogP contribution in [0.1, 0.15) is 32.6 Å². The monoisotopic (exact) mass is 401 g/mol. The summed E-state index contributed by atoms with van der Waals surface area (Å²) in [6.45, 7) is 1.99. The number of benzene rings is 1. The van der Waals surface area contributed by atoms with Crippen LogP contribution in [0.5, 0.6) is 0 Å². The summed E-state index contributed by atoms with van der Waals surface area (Å²) in [5, 5.41) is 20.1. The van der Waals surface area contributed by atoms with Crippen LogP contribution in [0.3, 0.4) is 0 Å². The molecule has 0 saturated heterocycles. The van der Waals surface area contributed by atoms with E-state index in [1.54, 1.807) is 0 Å². The SMILES string of the molecule is CCCCCCS(=O)(=O)Nc1ccc(S(=O)(=O)/C=C/C#N)c([N+](=O)[O-])c1. The number of nitro benzene ring substituents is 1. The fourth-order valence-electron chi connectivity index (χ4n) is 2.11. The zero-order valence-corrected chi connectivity index (χ0v) is 15.7. The van der Waals surface area contributed by atoms with E-state index in [9.17, 15) is 26.9 Å². The van der Waals surface area contributed by atoms with E-state index in [-0.39, 0.29) is 11.4 Å². The normalized spacial score (nSPS) is 12.0. The zero-order valence-electron chi connectivity index (χ0n) is 14.1. The molecule has 0 saturated carbocycles. The molecule has 0 fully saturated rings. The molecule has 1 N–H and O–H groups in total. The average molecular weight is 401 g/mol. The van der Waals surface area contributed by atoms with Crippen LogP contribution in [0.4, 0.5) is 11.4 Å². The van der Waals surface area contributed by atoms with Crippen molar-refractivity contribution in [3.63, 3.8) is 0 Å². The van der Waals surface area contributed by atoms with Crippen LogP contribution in [0.15, 0.2) is 34.6 Å². The third-order valence-electron chi connectivity index (χ3n) is 3.32. The Morgan fingerprint density at radius 1 is 1.23 bits per heavy atom. The first-order chi connectivity index (χ1) is 12.1. The van der Waals surface area contributed by atoms with Gasteiger partial charge in [0.1, 0.15) is 4.90 Å². The van der Waals surface area contributed by atoms with Gasteiger partial charge in [-0.3, -0.25) is 14.8 Å².